The molecule has 0 aromatic heterocycles. The van der Waals surface area contributed by atoms with E-state index in [2.05, 4.69) is 12.2 Å². The van der Waals surface area contributed by atoms with Crippen molar-refractivity contribution in [1.29, 1.82) is 0 Å². The third kappa shape index (κ3) is 1.89. The van der Waals surface area contributed by atoms with Crippen molar-refractivity contribution in [3.8, 4) is 0 Å². The van der Waals surface area contributed by atoms with Crippen LogP contribution in [0.4, 0.5) is 0 Å². The van der Waals surface area contributed by atoms with E-state index in [1.807, 2.05) is 6.92 Å². The van der Waals surface area contributed by atoms with E-state index in [9.17, 15) is 4.79 Å². The summed E-state index contributed by atoms with van der Waals surface area (Å²) in [7, 11) is 0. The van der Waals surface area contributed by atoms with Gasteiger partial charge in [0.15, 0.2) is 0 Å². The van der Waals surface area contributed by atoms with Gasteiger partial charge in [-0.1, -0.05) is 18.2 Å². The van der Waals surface area contributed by atoms with Gasteiger partial charge in [0.25, 0.3) is 0 Å². The molecule has 0 aromatic carbocycles. The molecule has 1 fully saturated rings. The summed E-state index contributed by atoms with van der Waals surface area (Å²) < 4.78 is 5.16. The Morgan fingerprint density at radius 3 is 2.93 bits per heavy atom. The van der Waals surface area contributed by atoms with Gasteiger partial charge in [-0.15, -0.1) is 0 Å². The molecule has 0 amide bonds. The predicted octanol–water partition coefficient (Wildman–Crippen LogP) is 2.32. The highest BCUT2D eigenvalue weighted by atomic mass is 16.5. The number of carbonyl (C=O) groups excluding carboxylic acids is 1. The van der Waals surface area contributed by atoms with E-state index in [-0.39, 0.29) is 5.97 Å². The van der Waals surface area contributed by atoms with Gasteiger partial charge in [0.2, 0.25) is 0 Å². The van der Waals surface area contributed by atoms with Gasteiger partial charge < -0.3 is 4.74 Å². The maximum absolute atomic E-state index is 11.1. The lowest BCUT2D eigenvalue weighted by Gasteiger charge is -2.16. The molecular weight excluding hydrogens is 176 g/mol. The quantitative estimate of drug-likeness (QED) is 0.389. The number of esters is 1. The topological polar surface area (TPSA) is 26.3 Å². The van der Waals surface area contributed by atoms with Crippen LogP contribution in [0.1, 0.15) is 19.8 Å². The maximum atomic E-state index is 11.1. The van der Waals surface area contributed by atoms with Crippen molar-refractivity contribution in [2.75, 3.05) is 6.61 Å². The smallest absolute Gasteiger partial charge is 0.330 e. The van der Waals surface area contributed by atoms with Gasteiger partial charge in [-0.3, -0.25) is 0 Å². The van der Waals surface area contributed by atoms with Crippen molar-refractivity contribution < 1.29 is 9.53 Å². The monoisotopic (exact) mass is 192 g/mol. The number of ether oxygens (including phenoxy) is 1. The molecule has 2 aliphatic carbocycles. The summed E-state index contributed by atoms with van der Waals surface area (Å²) in [6, 6.07) is 0. The summed E-state index contributed by atoms with van der Waals surface area (Å²) in [4.78, 5) is 11.1. The molecule has 2 bridgehead atoms. The van der Waals surface area contributed by atoms with Crippen LogP contribution < -0.4 is 0 Å². The van der Waals surface area contributed by atoms with E-state index >= 15 is 0 Å². The molecule has 1 saturated carbocycles. The Morgan fingerprint density at radius 1 is 1.50 bits per heavy atom. The second-order valence-corrected chi connectivity index (χ2v) is 4.17. The van der Waals surface area contributed by atoms with Crippen molar-refractivity contribution in [2.24, 2.45) is 17.8 Å². The Morgan fingerprint density at radius 2 is 2.36 bits per heavy atom. The molecule has 2 heteroatoms. The minimum absolute atomic E-state index is 0.209. The van der Waals surface area contributed by atoms with Gasteiger partial charge in [-0.2, -0.15) is 0 Å². The summed E-state index contributed by atoms with van der Waals surface area (Å²) in [5.41, 5.74) is 0. The molecule has 0 heterocycles. The number of allylic oxidation sites excluding steroid dienone is 3. The van der Waals surface area contributed by atoms with Gasteiger partial charge in [0, 0.05) is 6.08 Å². The van der Waals surface area contributed by atoms with E-state index in [1.54, 1.807) is 6.08 Å². The molecule has 0 radical (unpaired) electrons. The van der Waals surface area contributed by atoms with Crippen LogP contribution in [0.5, 0.6) is 0 Å². The molecule has 14 heavy (non-hydrogen) atoms. The molecule has 0 N–H and O–H groups in total. The van der Waals surface area contributed by atoms with E-state index in [0.717, 1.165) is 5.92 Å². The molecular formula is C12H16O2. The molecule has 3 unspecified atom stereocenters. The Bertz CT molecular complexity index is 278. The normalized spacial score (nSPS) is 34.2. The Labute approximate surface area is 84.6 Å². The number of fused-ring (bicyclic) bond motifs is 2. The zero-order chi connectivity index (χ0) is 9.97. The van der Waals surface area contributed by atoms with Crippen LogP contribution in [0.2, 0.25) is 0 Å². The van der Waals surface area contributed by atoms with Crippen molar-refractivity contribution in [3.63, 3.8) is 0 Å². The van der Waals surface area contributed by atoms with Crippen molar-refractivity contribution in [2.45, 2.75) is 19.8 Å². The lowest BCUT2D eigenvalue weighted by Crippen LogP contribution is -2.16. The van der Waals surface area contributed by atoms with Crippen LogP contribution in [0.3, 0.4) is 0 Å². The second kappa shape index (κ2) is 3.99. The number of hydrogen-bond acceptors (Lipinski definition) is 2. The first-order valence-corrected chi connectivity index (χ1v) is 5.27. The molecule has 2 rings (SSSR count). The Balaban J connectivity index is 1.77. The van der Waals surface area contributed by atoms with E-state index in [4.69, 9.17) is 4.74 Å². The fourth-order valence-electron chi connectivity index (χ4n) is 2.46. The summed E-state index contributed by atoms with van der Waals surface area (Å²) in [5, 5.41) is 0. The van der Waals surface area contributed by atoms with Gasteiger partial charge in [-0.05, 0) is 37.5 Å². The predicted molar refractivity (Wildman–Crippen MR) is 54.6 cm³/mol. The largest absolute Gasteiger partial charge is 0.462 e. The van der Waals surface area contributed by atoms with E-state index in [1.165, 1.54) is 18.9 Å². The molecule has 2 nitrogen and oxygen atoms in total. The molecule has 0 aliphatic heterocycles. The van der Waals surface area contributed by atoms with Crippen molar-refractivity contribution in [1.82, 2.24) is 0 Å². The minimum atomic E-state index is -0.209. The maximum Gasteiger partial charge on any atom is 0.330 e. The van der Waals surface area contributed by atoms with Crippen LogP contribution in [0.25, 0.3) is 0 Å². The van der Waals surface area contributed by atoms with Crippen LogP contribution >= 0.6 is 0 Å². The van der Waals surface area contributed by atoms with Crippen molar-refractivity contribution in [3.05, 3.63) is 24.3 Å². The Hall–Kier alpha value is -1.05. The van der Waals surface area contributed by atoms with Crippen LogP contribution in [0.15, 0.2) is 24.3 Å². The van der Waals surface area contributed by atoms with Crippen LogP contribution in [-0.2, 0) is 9.53 Å². The Kier molecular flexibility index (Phi) is 2.71. The molecule has 2 aliphatic rings. The third-order valence-corrected chi connectivity index (χ3v) is 3.16. The van der Waals surface area contributed by atoms with Gasteiger partial charge >= 0.3 is 5.97 Å². The highest BCUT2D eigenvalue weighted by Gasteiger charge is 2.35. The number of carbonyl (C=O) groups is 1. The standard InChI is InChI=1S/C12H16O2/c1-2-3-12(13)14-8-11-7-9-4-5-10(11)6-9/h2-5,9-11H,6-8H2,1H3/b3-2+. The summed E-state index contributed by atoms with van der Waals surface area (Å²) >= 11 is 0. The first kappa shape index (κ1) is 9.50. The van der Waals surface area contributed by atoms with Gasteiger partial charge in [-0.25, -0.2) is 4.79 Å². The van der Waals surface area contributed by atoms with E-state index < -0.39 is 0 Å². The van der Waals surface area contributed by atoms with Gasteiger partial charge in [0.1, 0.15) is 0 Å². The van der Waals surface area contributed by atoms with E-state index in [0.29, 0.717) is 18.4 Å². The highest BCUT2D eigenvalue weighted by molar-refractivity contribution is 5.81. The van der Waals surface area contributed by atoms with Crippen molar-refractivity contribution >= 4 is 5.97 Å². The number of hydrogen-bond donors (Lipinski definition) is 0. The van der Waals surface area contributed by atoms with Crippen LogP contribution in [0, 0.1) is 17.8 Å². The number of rotatable bonds is 3. The lowest BCUT2D eigenvalue weighted by atomic mass is 9.95. The minimum Gasteiger partial charge on any atom is -0.462 e. The average Bonchev–Trinajstić information content (AvgIpc) is 2.76. The fraction of sp³-hybridized carbons (Fsp3) is 0.583. The van der Waals surface area contributed by atoms with Gasteiger partial charge in [0.05, 0.1) is 6.61 Å². The fourth-order valence-corrected chi connectivity index (χ4v) is 2.46. The highest BCUT2D eigenvalue weighted by Crippen LogP contribution is 2.43. The first-order valence-electron chi connectivity index (χ1n) is 5.27. The zero-order valence-electron chi connectivity index (χ0n) is 8.48. The summed E-state index contributed by atoms with van der Waals surface area (Å²) in [5.74, 6) is 1.78. The first-order chi connectivity index (χ1) is 6.79. The third-order valence-electron chi connectivity index (χ3n) is 3.16. The molecule has 76 valence electrons. The molecule has 0 spiro atoms. The summed E-state index contributed by atoms with van der Waals surface area (Å²) in [6.07, 6.45) is 10.2. The molecule has 0 saturated heterocycles. The average molecular weight is 192 g/mol. The van der Waals surface area contributed by atoms with Crippen LogP contribution in [-0.4, -0.2) is 12.6 Å². The SMILES string of the molecule is C/C=C/C(=O)OCC1CC2C=CC1C2. The molecule has 0 aromatic rings. The molecule has 3 atom stereocenters. The zero-order valence-corrected chi connectivity index (χ0v) is 8.48. The lowest BCUT2D eigenvalue weighted by molar-refractivity contribution is -0.139. The summed E-state index contributed by atoms with van der Waals surface area (Å²) in [6.45, 7) is 2.41. The second-order valence-electron chi connectivity index (χ2n) is 4.17.